The highest BCUT2D eigenvalue weighted by atomic mass is 35.5. The van der Waals surface area contributed by atoms with Crippen molar-refractivity contribution in [1.82, 2.24) is 15.5 Å². The number of aliphatic hydroxyl groups is 1. The Balaban J connectivity index is 0.00000400. The van der Waals surface area contributed by atoms with Gasteiger partial charge in [0.2, 0.25) is 11.8 Å². The summed E-state index contributed by atoms with van der Waals surface area (Å²) in [5.74, 6) is -0.401. The summed E-state index contributed by atoms with van der Waals surface area (Å²) in [6.07, 6.45) is 3.52. The molecule has 1 fully saturated rings. The summed E-state index contributed by atoms with van der Waals surface area (Å²) in [6, 6.07) is 17.7. The van der Waals surface area contributed by atoms with Gasteiger partial charge in [-0.15, -0.1) is 12.4 Å². The first-order valence-electron chi connectivity index (χ1n) is 13.4. The van der Waals surface area contributed by atoms with Crippen LogP contribution in [0.4, 0.5) is 0 Å². The number of amides is 2. The maximum atomic E-state index is 13.7. The molecule has 0 radical (unpaired) electrons. The van der Waals surface area contributed by atoms with E-state index in [-0.39, 0.29) is 42.8 Å². The van der Waals surface area contributed by atoms with E-state index in [1.54, 1.807) is 20.8 Å². The minimum Gasteiger partial charge on any atom is -0.392 e. The predicted molar refractivity (Wildman–Crippen MR) is 151 cm³/mol. The van der Waals surface area contributed by atoms with Gasteiger partial charge in [-0.1, -0.05) is 54.6 Å². The largest absolute Gasteiger partial charge is 0.392 e. The van der Waals surface area contributed by atoms with E-state index in [1.807, 2.05) is 35.2 Å². The number of hydrogen-bond acceptors (Lipinski definition) is 5. The highest BCUT2D eigenvalue weighted by Gasteiger charge is 2.43. The molecule has 2 atom stereocenters. The summed E-state index contributed by atoms with van der Waals surface area (Å²) in [5, 5.41) is 15.7. The van der Waals surface area contributed by atoms with Crippen molar-refractivity contribution in [3.8, 4) is 0 Å². The Bertz CT molecular complexity index is 1070. The van der Waals surface area contributed by atoms with Crippen molar-refractivity contribution in [2.24, 2.45) is 0 Å². The summed E-state index contributed by atoms with van der Waals surface area (Å²) in [6.45, 7) is 7.23. The van der Waals surface area contributed by atoms with E-state index in [0.29, 0.717) is 19.7 Å². The minimum atomic E-state index is -0.950. The number of aryl methyl sites for hydroxylation is 1. The molecule has 2 aromatic rings. The molecular formula is C30H42ClN3O4. The van der Waals surface area contributed by atoms with E-state index >= 15 is 0 Å². The Morgan fingerprint density at radius 2 is 1.71 bits per heavy atom. The van der Waals surface area contributed by atoms with Crippen molar-refractivity contribution < 1.29 is 19.4 Å². The normalized spacial score (nSPS) is 17.8. The maximum Gasteiger partial charge on any atom is 0.247 e. The Morgan fingerprint density at radius 3 is 2.39 bits per heavy atom. The number of nitrogens with zero attached hydrogens (tertiary/aromatic N) is 1. The van der Waals surface area contributed by atoms with Gasteiger partial charge in [0.05, 0.1) is 24.9 Å². The van der Waals surface area contributed by atoms with Crippen molar-refractivity contribution in [2.45, 2.75) is 76.2 Å². The second kappa shape index (κ2) is 13.1. The molecule has 2 aromatic carbocycles. The zero-order valence-electron chi connectivity index (χ0n) is 22.7. The molecule has 2 aliphatic rings. The topological polar surface area (TPSA) is 90.9 Å². The van der Waals surface area contributed by atoms with Crippen molar-refractivity contribution in [3.05, 3.63) is 71.3 Å². The molecule has 8 heteroatoms. The lowest BCUT2D eigenvalue weighted by Crippen LogP contribution is -2.60. The fourth-order valence-corrected chi connectivity index (χ4v) is 5.52. The summed E-state index contributed by atoms with van der Waals surface area (Å²) in [4.78, 5) is 28.7. The number of piperidine rings is 1. The molecule has 7 nitrogen and oxygen atoms in total. The molecule has 1 spiro atoms. The van der Waals surface area contributed by atoms with Gasteiger partial charge in [0.1, 0.15) is 6.04 Å². The van der Waals surface area contributed by atoms with E-state index in [4.69, 9.17) is 4.74 Å². The molecule has 1 aliphatic carbocycles. The number of ether oxygens (including phenoxy) is 1. The maximum absolute atomic E-state index is 13.7. The van der Waals surface area contributed by atoms with Crippen LogP contribution in [0.25, 0.3) is 0 Å². The van der Waals surface area contributed by atoms with Crippen LogP contribution in [0, 0.1) is 0 Å². The number of likely N-dealkylation sites (tertiary alicyclic amines) is 1. The lowest BCUT2D eigenvalue weighted by molar-refractivity contribution is -0.141. The average molecular weight is 544 g/mol. The van der Waals surface area contributed by atoms with Crippen LogP contribution in [0.2, 0.25) is 0 Å². The molecule has 0 bridgehead atoms. The number of β-amino-alcohol motifs (C(OH)–C–C–N with tert-alkyl or cyclic N) is 1. The van der Waals surface area contributed by atoms with E-state index in [1.165, 1.54) is 11.1 Å². The summed E-state index contributed by atoms with van der Waals surface area (Å²) < 4.78 is 5.92. The van der Waals surface area contributed by atoms with Gasteiger partial charge in [0, 0.05) is 19.6 Å². The summed E-state index contributed by atoms with van der Waals surface area (Å²) in [7, 11) is 0. The van der Waals surface area contributed by atoms with Gasteiger partial charge in [0.25, 0.3) is 0 Å². The Labute approximate surface area is 232 Å². The Hall–Kier alpha value is -2.45. The van der Waals surface area contributed by atoms with Crippen LogP contribution in [0.3, 0.4) is 0 Å². The standard InChI is InChI=1S/C30H41N3O4.ClH/c1-22(34)19-31-29(2,3)28(36)32-26(21-37-20-23-9-5-4-6-10-23)27(35)33-17-15-30(16-18-33)14-13-24-11-7-8-12-25(24)30;/h4-12,22,26,31,34H,13-21H2,1-3H3,(H,32,36);1H. The van der Waals surface area contributed by atoms with Gasteiger partial charge in [0.15, 0.2) is 0 Å². The van der Waals surface area contributed by atoms with Crippen LogP contribution < -0.4 is 10.6 Å². The second-order valence-electron chi connectivity index (χ2n) is 11.1. The second-order valence-corrected chi connectivity index (χ2v) is 11.1. The van der Waals surface area contributed by atoms with E-state index in [0.717, 1.165) is 31.2 Å². The van der Waals surface area contributed by atoms with Crippen molar-refractivity contribution in [2.75, 3.05) is 26.2 Å². The lowest BCUT2D eigenvalue weighted by atomic mass is 9.74. The summed E-state index contributed by atoms with van der Waals surface area (Å²) in [5.41, 5.74) is 3.11. The Kier molecular flexibility index (Phi) is 10.4. The molecule has 2 unspecified atom stereocenters. The number of carbonyl (C=O) groups excluding carboxylic acids is 2. The molecule has 2 amide bonds. The molecule has 38 heavy (non-hydrogen) atoms. The number of carbonyl (C=O) groups is 2. The zero-order chi connectivity index (χ0) is 26.5. The average Bonchev–Trinajstić information content (AvgIpc) is 3.25. The van der Waals surface area contributed by atoms with E-state index in [2.05, 4.69) is 34.9 Å². The van der Waals surface area contributed by atoms with Gasteiger partial charge in [-0.25, -0.2) is 0 Å². The highest BCUT2D eigenvalue weighted by Crippen LogP contribution is 2.46. The van der Waals surface area contributed by atoms with Crippen molar-refractivity contribution in [1.29, 1.82) is 0 Å². The first kappa shape index (κ1) is 30.1. The molecule has 208 valence electrons. The fourth-order valence-electron chi connectivity index (χ4n) is 5.52. The molecular weight excluding hydrogens is 502 g/mol. The van der Waals surface area contributed by atoms with Crippen LogP contribution in [0.1, 0.15) is 56.7 Å². The zero-order valence-corrected chi connectivity index (χ0v) is 23.6. The fraction of sp³-hybridized carbons (Fsp3) is 0.533. The molecule has 1 saturated heterocycles. The van der Waals surface area contributed by atoms with E-state index in [9.17, 15) is 14.7 Å². The molecule has 4 rings (SSSR count). The monoisotopic (exact) mass is 543 g/mol. The third-order valence-corrected chi connectivity index (χ3v) is 7.90. The molecule has 1 aliphatic heterocycles. The van der Waals surface area contributed by atoms with Gasteiger partial charge in [-0.3, -0.25) is 9.59 Å². The molecule has 0 saturated carbocycles. The van der Waals surface area contributed by atoms with Crippen LogP contribution >= 0.6 is 12.4 Å². The predicted octanol–water partition coefficient (Wildman–Crippen LogP) is 3.37. The highest BCUT2D eigenvalue weighted by molar-refractivity contribution is 5.91. The van der Waals surface area contributed by atoms with Gasteiger partial charge in [-0.2, -0.15) is 0 Å². The van der Waals surface area contributed by atoms with Crippen LogP contribution in [-0.2, 0) is 32.8 Å². The molecule has 3 N–H and O–H groups in total. The minimum absolute atomic E-state index is 0. The first-order valence-corrected chi connectivity index (χ1v) is 13.4. The quantitative estimate of drug-likeness (QED) is 0.427. The number of fused-ring (bicyclic) bond motifs is 2. The first-order chi connectivity index (χ1) is 17.7. The number of benzene rings is 2. The molecule has 1 heterocycles. The van der Waals surface area contributed by atoms with E-state index < -0.39 is 17.7 Å². The smallest absolute Gasteiger partial charge is 0.247 e. The van der Waals surface area contributed by atoms with Crippen LogP contribution in [0.15, 0.2) is 54.6 Å². The number of halogens is 1. The van der Waals surface area contributed by atoms with Crippen LogP contribution in [-0.4, -0.2) is 65.7 Å². The van der Waals surface area contributed by atoms with Gasteiger partial charge >= 0.3 is 0 Å². The van der Waals surface area contributed by atoms with Crippen molar-refractivity contribution >= 4 is 24.2 Å². The number of aliphatic hydroxyl groups excluding tert-OH is 1. The molecule has 0 aromatic heterocycles. The third-order valence-electron chi connectivity index (χ3n) is 7.90. The Morgan fingerprint density at radius 1 is 1.05 bits per heavy atom. The number of nitrogens with one attached hydrogen (secondary N) is 2. The van der Waals surface area contributed by atoms with Gasteiger partial charge in [-0.05, 0) is 68.6 Å². The SMILES string of the molecule is CC(O)CNC(C)(C)C(=O)NC(COCc1ccccc1)C(=O)N1CCC2(CCc3ccccc32)CC1.Cl. The number of rotatable bonds is 10. The third kappa shape index (κ3) is 7.14. The lowest BCUT2D eigenvalue weighted by Gasteiger charge is -2.41. The van der Waals surface area contributed by atoms with Crippen molar-refractivity contribution in [3.63, 3.8) is 0 Å². The van der Waals surface area contributed by atoms with Crippen LogP contribution in [0.5, 0.6) is 0 Å². The van der Waals surface area contributed by atoms with Gasteiger partial charge < -0.3 is 25.4 Å². The number of hydrogen-bond donors (Lipinski definition) is 3. The summed E-state index contributed by atoms with van der Waals surface area (Å²) >= 11 is 0.